The molecular formula is C10H11Sc. The normalized spacial score (nSPS) is 16.0. The molecule has 0 nitrogen and oxygen atoms in total. The molecule has 0 amide bonds. The first kappa shape index (κ1) is 10.8. The molecule has 0 radical (unpaired) electrons. The van der Waals surface area contributed by atoms with Crippen LogP contribution in [0.25, 0.3) is 0 Å². The number of hydrogen-bond donors (Lipinski definition) is 0. The van der Waals surface area contributed by atoms with Crippen molar-refractivity contribution in [3.05, 3.63) is 48.6 Å². The van der Waals surface area contributed by atoms with E-state index in [1.54, 1.807) is 0 Å². The van der Waals surface area contributed by atoms with E-state index in [1.165, 1.54) is 0 Å². The largest absolute Gasteiger partial charge is 3.00 e. The zero-order valence-electron chi connectivity index (χ0n) is 7.46. The first-order valence-electron chi connectivity index (χ1n) is 3.43. The van der Waals surface area contributed by atoms with Crippen LogP contribution in [-0.2, 0) is 25.8 Å². The quantitative estimate of drug-likeness (QED) is 0.498. The first-order valence-corrected chi connectivity index (χ1v) is 3.43. The van der Waals surface area contributed by atoms with Gasteiger partial charge in [-0.05, 0) is 0 Å². The van der Waals surface area contributed by atoms with Crippen molar-refractivity contribution in [1.82, 2.24) is 0 Å². The molecule has 0 saturated carbocycles. The van der Waals surface area contributed by atoms with Crippen molar-refractivity contribution < 1.29 is 27.3 Å². The van der Waals surface area contributed by atoms with E-state index in [4.69, 9.17) is 0 Å². The van der Waals surface area contributed by atoms with Crippen molar-refractivity contribution in [3.63, 3.8) is 0 Å². The van der Waals surface area contributed by atoms with Gasteiger partial charge < -0.3 is 1.43 Å². The fraction of sp³-hybridized carbons (Fsp3) is 0.200. The Morgan fingerprint density at radius 1 is 0.909 bits per heavy atom. The Kier molecular flexibility index (Phi) is 7.81. The van der Waals surface area contributed by atoms with E-state index < -0.39 is 0 Å². The summed E-state index contributed by atoms with van der Waals surface area (Å²) in [7, 11) is 0. The Hall–Kier alpha value is -0.170. The summed E-state index contributed by atoms with van der Waals surface area (Å²) in [5.41, 5.74) is 0. The minimum Gasteiger partial charge on any atom is -1.00 e. The Morgan fingerprint density at radius 3 is 1.45 bits per heavy atom. The van der Waals surface area contributed by atoms with Gasteiger partial charge in [-0.15, -0.1) is 12.8 Å². The van der Waals surface area contributed by atoms with Gasteiger partial charge in [0.15, 0.2) is 0 Å². The molecule has 54 valence electrons. The van der Waals surface area contributed by atoms with Crippen LogP contribution < -0.4 is 0 Å². The van der Waals surface area contributed by atoms with Gasteiger partial charge in [0.2, 0.25) is 0 Å². The van der Waals surface area contributed by atoms with Crippen molar-refractivity contribution >= 4 is 0 Å². The smallest absolute Gasteiger partial charge is 1.00 e. The Bertz CT molecular complexity index is 148. The predicted molar refractivity (Wildman–Crippen MR) is 44.3 cm³/mol. The topological polar surface area (TPSA) is 0 Å². The summed E-state index contributed by atoms with van der Waals surface area (Å²) in [6, 6.07) is 0. The summed E-state index contributed by atoms with van der Waals surface area (Å²) in [6.45, 7) is 0. The summed E-state index contributed by atoms with van der Waals surface area (Å²) in [4.78, 5) is 0. The van der Waals surface area contributed by atoms with Gasteiger partial charge in [0.25, 0.3) is 0 Å². The molecular weight excluding hydrogens is 165 g/mol. The standard InChI is InChI=1S/2C5H5.Sc.H/c2*1-2-4-5-3-1;;/h2*1-3H,4H2;;/q2*-1;+3;-1. The number of hydrogen-bond acceptors (Lipinski definition) is 0. The molecule has 0 atom stereocenters. The maximum atomic E-state index is 2.99. The molecule has 0 aromatic rings. The monoisotopic (exact) mass is 176 g/mol. The fourth-order valence-corrected chi connectivity index (χ4v) is 0.680. The van der Waals surface area contributed by atoms with Crippen molar-refractivity contribution in [2.24, 2.45) is 0 Å². The molecule has 2 aliphatic rings. The molecule has 1 heteroatoms. The molecule has 0 aliphatic heterocycles. The van der Waals surface area contributed by atoms with E-state index in [-0.39, 0.29) is 27.3 Å². The van der Waals surface area contributed by atoms with E-state index in [0.717, 1.165) is 12.8 Å². The maximum Gasteiger partial charge on any atom is 3.00 e. The van der Waals surface area contributed by atoms with Gasteiger partial charge >= 0.3 is 25.8 Å². The van der Waals surface area contributed by atoms with E-state index in [9.17, 15) is 0 Å². The van der Waals surface area contributed by atoms with Crippen LogP contribution in [0, 0.1) is 12.2 Å². The third-order valence-corrected chi connectivity index (χ3v) is 1.17. The fourth-order valence-electron chi connectivity index (χ4n) is 0.680. The molecule has 0 aromatic heterocycles. The molecule has 0 aromatic carbocycles. The zero-order valence-corrected chi connectivity index (χ0v) is 8.26. The average molecular weight is 176 g/mol. The molecule has 0 fully saturated rings. The minimum atomic E-state index is 0. The summed E-state index contributed by atoms with van der Waals surface area (Å²) in [6.07, 6.45) is 20.0. The summed E-state index contributed by atoms with van der Waals surface area (Å²) < 4.78 is 0. The van der Waals surface area contributed by atoms with Gasteiger partial charge in [-0.25, -0.2) is 24.3 Å². The maximum absolute atomic E-state index is 2.99. The molecule has 2 rings (SSSR count). The molecule has 0 unspecified atom stereocenters. The van der Waals surface area contributed by atoms with Crippen LogP contribution in [0.2, 0.25) is 0 Å². The summed E-state index contributed by atoms with van der Waals surface area (Å²) in [5.74, 6) is 0. The van der Waals surface area contributed by atoms with Crippen molar-refractivity contribution in [2.45, 2.75) is 12.8 Å². The third-order valence-electron chi connectivity index (χ3n) is 1.17. The second-order valence-corrected chi connectivity index (χ2v) is 2.01. The van der Waals surface area contributed by atoms with Gasteiger partial charge in [-0.3, -0.25) is 12.2 Å². The number of allylic oxidation sites excluding steroid dienone is 8. The Labute approximate surface area is 88.7 Å². The molecule has 0 saturated heterocycles. The van der Waals surface area contributed by atoms with Crippen LogP contribution in [0.15, 0.2) is 36.5 Å². The average Bonchev–Trinajstić information content (AvgIpc) is 2.67. The molecule has 0 bridgehead atoms. The van der Waals surface area contributed by atoms with Crippen LogP contribution in [0.5, 0.6) is 0 Å². The Balaban J connectivity index is 0. The van der Waals surface area contributed by atoms with Crippen LogP contribution in [0.3, 0.4) is 0 Å². The van der Waals surface area contributed by atoms with E-state index in [2.05, 4.69) is 24.3 Å². The molecule has 11 heavy (non-hydrogen) atoms. The second-order valence-electron chi connectivity index (χ2n) is 2.01. The van der Waals surface area contributed by atoms with Crippen LogP contribution in [0.1, 0.15) is 14.3 Å². The summed E-state index contributed by atoms with van der Waals surface area (Å²) in [5, 5.41) is 0. The first-order chi connectivity index (χ1) is 5.00. The van der Waals surface area contributed by atoms with Gasteiger partial charge in [-0.2, -0.15) is 12.2 Å². The SMILES string of the molecule is [C-]1=CC=CC1.[C-]1=CC=CC1.[H-].[Sc+3]. The van der Waals surface area contributed by atoms with Gasteiger partial charge in [0.05, 0.1) is 0 Å². The minimum absolute atomic E-state index is 0. The van der Waals surface area contributed by atoms with Gasteiger partial charge in [0.1, 0.15) is 0 Å². The van der Waals surface area contributed by atoms with Crippen molar-refractivity contribution in [3.8, 4) is 0 Å². The van der Waals surface area contributed by atoms with Crippen LogP contribution in [0.4, 0.5) is 0 Å². The number of rotatable bonds is 0. The van der Waals surface area contributed by atoms with Crippen molar-refractivity contribution in [1.29, 1.82) is 0 Å². The predicted octanol–water partition coefficient (Wildman–Crippen LogP) is 2.72. The second kappa shape index (κ2) is 7.93. The third kappa shape index (κ3) is 6.24. The molecule has 0 spiro atoms. The van der Waals surface area contributed by atoms with Gasteiger partial charge in [-0.1, -0.05) is 0 Å². The summed E-state index contributed by atoms with van der Waals surface area (Å²) >= 11 is 0. The molecule has 2 aliphatic carbocycles. The van der Waals surface area contributed by atoms with E-state index in [1.807, 2.05) is 24.3 Å². The molecule has 0 N–H and O–H groups in total. The Morgan fingerprint density at radius 2 is 1.36 bits per heavy atom. The van der Waals surface area contributed by atoms with Crippen molar-refractivity contribution in [2.75, 3.05) is 0 Å². The van der Waals surface area contributed by atoms with Crippen LogP contribution >= 0.6 is 0 Å². The zero-order chi connectivity index (χ0) is 7.07. The molecule has 0 heterocycles. The van der Waals surface area contributed by atoms with E-state index >= 15 is 0 Å². The van der Waals surface area contributed by atoms with Crippen LogP contribution in [-0.4, -0.2) is 0 Å². The van der Waals surface area contributed by atoms with E-state index in [0.29, 0.717) is 0 Å². The van der Waals surface area contributed by atoms with Gasteiger partial charge in [0, 0.05) is 0 Å².